The third-order valence-corrected chi connectivity index (χ3v) is 3.39. The fraction of sp³-hybridized carbons (Fsp3) is 0.125. The van der Waals surface area contributed by atoms with Crippen LogP contribution in [0.15, 0.2) is 54.9 Å². The van der Waals surface area contributed by atoms with Crippen molar-refractivity contribution in [2.75, 3.05) is 5.32 Å². The zero-order valence-electron chi connectivity index (χ0n) is 12.3. The average molecular weight is 334 g/mol. The van der Waals surface area contributed by atoms with Crippen LogP contribution in [0.2, 0.25) is 0 Å². The van der Waals surface area contributed by atoms with E-state index in [-0.39, 0.29) is 12.2 Å². The Balaban J connectivity index is 1.64. The number of hydrogen-bond donors (Lipinski definition) is 2. The lowest BCUT2D eigenvalue weighted by Crippen LogP contribution is -2.28. The van der Waals surface area contributed by atoms with Crippen LogP contribution in [-0.4, -0.2) is 15.6 Å². The molecule has 2 N–H and O–H groups in total. The van der Waals surface area contributed by atoms with Gasteiger partial charge in [-0.05, 0) is 30.3 Å². The first-order chi connectivity index (χ1) is 11.4. The summed E-state index contributed by atoms with van der Waals surface area (Å²) in [7, 11) is 0. The third-order valence-electron chi connectivity index (χ3n) is 3.39. The number of halogens is 3. The predicted molar refractivity (Wildman–Crippen MR) is 82.5 cm³/mol. The Hall–Kier alpha value is -3.03. The number of nitrogens with one attached hydrogen (secondary N) is 2. The van der Waals surface area contributed by atoms with Crippen molar-refractivity contribution in [1.29, 1.82) is 0 Å². The van der Waals surface area contributed by atoms with Crippen LogP contribution in [0.5, 0.6) is 0 Å². The molecule has 0 aliphatic rings. The number of aromatic nitrogens is 2. The van der Waals surface area contributed by atoms with Gasteiger partial charge in [0.15, 0.2) is 0 Å². The Labute approximate surface area is 135 Å². The molecule has 0 spiro atoms. The molecule has 0 unspecified atom stereocenters. The maximum Gasteiger partial charge on any atom is 0.416 e. The van der Waals surface area contributed by atoms with Crippen LogP contribution in [-0.2, 0) is 12.7 Å². The molecule has 0 radical (unpaired) electrons. The number of amides is 2. The lowest BCUT2D eigenvalue weighted by atomic mass is 10.2. The van der Waals surface area contributed by atoms with E-state index in [4.69, 9.17) is 0 Å². The Kier molecular flexibility index (Phi) is 4.11. The van der Waals surface area contributed by atoms with Gasteiger partial charge >= 0.3 is 12.2 Å². The van der Waals surface area contributed by atoms with Crippen LogP contribution in [0.25, 0.3) is 5.52 Å². The highest BCUT2D eigenvalue weighted by molar-refractivity contribution is 5.89. The second-order valence-corrected chi connectivity index (χ2v) is 5.09. The molecule has 0 saturated carbocycles. The quantitative estimate of drug-likeness (QED) is 0.768. The zero-order chi connectivity index (χ0) is 17.2. The molecule has 124 valence electrons. The largest absolute Gasteiger partial charge is 0.416 e. The van der Waals surface area contributed by atoms with E-state index < -0.39 is 17.8 Å². The number of fused-ring (bicyclic) bond motifs is 1. The number of alkyl halides is 3. The molecule has 0 aliphatic carbocycles. The number of anilines is 1. The average Bonchev–Trinajstić information content (AvgIpc) is 2.96. The Morgan fingerprint density at radius 3 is 2.79 bits per heavy atom. The molecule has 2 heterocycles. The number of rotatable bonds is 3. The smallest absolute Gasteiger partial charge is 0.334 e. The van der Waals surface area contributed by atoms with Gasteiger partial charge in [-0.25, -0.2) is 9.31 Å². The minimum absolute atomic E-state index is 0.0715. The van der Waals surface area contributed by atoms with Crippen LogP contribution in [0, 0.1) is 0 Å². The minimum Gasteiger partial charge on any atom is -0.334 e. The molecule has 0 bridgehead atoms. The fourth-order valence-electron chi connectivity index (χ4n) is 2.25. The number of carbonyl (C=O) groups excluding carboxylic acids is 1. The van der Waals surface area contributed by atoms with Gasteiger partial charge in [-0.1, -0.05) is 12.1 Å². The van der Waals surface area contributed by atoms with Gasteiger partial charge < -0.3 is 10.6 Å². The standard InChI is InChI=1S/C16H13F3N4O/c17-16(18,19)12-4-3-5-13(8-12)22-15(24)20-9-11-10-21-23-7-2-1-6-14(11)23/h1-8,10H,9H2,(H2,20,22,24). The molecule has 3 rings (SSSR count). The Bertz CT molecular complexity index is 873. The number of benzene rings is 1. The molecule has 0 atom stereocenters. The van der Waals surface area contributed by atoms with Crippen LogP contribution in [0.3, 0.4) is 0 Å². The van der Waals surface area contributed by atoms with Crippen molar-refractivity contribution in [3.8, 4) is 0 Å². The number of pyridine rings is 1. The van der Waals surface area contributed by atoms with Crippen LogP contribution < -0.4 is 10.6 Å². The first kappa shape index (κ1) is 15.9. The van der Waals surface area contributed by atoms with E-state index in [0.29, 0.717) is 0 Å². The minimum atomic E-state index is -4.45. The van der Waals surface area contributed by atoms with Gasteiger partial charge in [0, 0.05) is 24.0 Å². The summed E-state index contributed by atoms with van der Waals surface area (Å²) < 4.78 is 39.6. The number of nitrogens with zero attached hydrogens (tertiary/aromatic N) is 2. The summed E-state index contributed by atoms with van der Waals surface area (Å²) in [5, 5.41) is 9.13. The van der Waals surface area contributed by atoms with Gasteiger partial charge in [0.2, 0.25) is 0 Å². The molecule has 0 aliphatic heterocycles. The van der Waals surface area contributed by atoms with Crippen molar-refractivity contribution in [2.24, 2.45) is 0 Å². The molecule has 24 heavy (non-hydrogen) atoms. The first-order valence-electron chi connectivity index (χ1n) is 7.07. The number of urea groups is 1. The number of carbonyl (C=O) groups is 1. The van der Waals surface area contributed by atoms with Crippen molar-refractivity contribution in [1.82, 2.24) is 14.9 Å². The zero-order valence-corrected chi connectivity index (χ0v) is 12.3. The topological polar surface area (TPSA) is 58.4 Å². The summed E-state index contributed by atoms with van der Waals surface area (Å²) in [5.41, 5.74) is 0.900. The van der Waals surface area contributed by atoms with Crippen molar-refractivity contribution in [2.45, 2.75) is 12.7 Å². The molecule has 8 heteroatoms. The molecule has 0 fully saturated rings. The predicted octanol–water partition coefficient (Wildman–Crippen LogP) is 3.67. The van der Waals surface area contributed by atoms with Gasteiger partial charge in [0.25, 0.3) is 0 Å². The van der Waals surface area contributed by atoms with E-state index >= 15 is 0 Å². The highest BCUT2D eigenvalue weighted by Gasteiger charge is 2.30. The molecular weight excluding hydrogens is 321 g/mol. The van der Waals surface area contributed by atoms with Crippen LogP contribution >= 0.6 is 0 Å². The highest BCUT2D eigenvalue weighted by Crippen LogP contribution is 2.30. The number of hydrogen-bond acceptors (Lipinski definition) is 2. The first-order valence-corrected chi connectivity index (χ1v) is 7.07. The molecule has 2 aromatic heterocycles. The van der Waals surface area contributed by atoms with Crippen molar-refractivity contribution < 1.29 is 18.0 Å². The molecule has 2 amide bonds. The lowest BCUT2D eigenvalue weighted by molar-refractivity contribution is -0.137. The summed E-state index contributed by atoms with van der Waals surface area (Å²) in [5.74, 6) is 0. The van der Waals surface area contributed by atoms with Gasteiger partial charge in [0.05, 0.1) is 17.3 Å². The Morgan fingerprint density at radius 1 is 1.17 bits per heavy atom. The summed E-state index contributed by atoms with van der Waals surface area (Å²) in [6, 6.07) is 9.41. The summed E-state index contributed by atoms with van der Waals surface area (Å²) in [4.78, 5) is 11.9. The van der Waals surface area contributed by atoms with E-state index in [0.717, 1.165) is 23.2 Å². The highest BCUT2D eigenvalue weighted by atomic mass is 19.4. The van der Waals surface area contributed by atoms with Gasteiger partial charge in [-0.2, -0.15) is 18.3 Å². The molecular formula is C16H13F3N4O. The molecule has 5 nitrogen and oxygen atoms in total. The maximum absolute atomic E-state index is 12.6. The summed E-state index contributed by atoms with van der Waals surface area (Å²) >= 11 is 0. The van der Waals surface area contributed by atoms with E-state index in [1.54, 1.807) is 16.9 Å². The Morgan fingerprint density at radius 2 is 2.00 bits per heavy atom. The van der Waals surface area contributed by atoms with Gasteiger partial charge in [-0.15, -0.1) is 0 Å². The normalized spacial score (nSPS) is 11.5. The maximum atomic E-state index is 12.6. The van der Waals surface area contributed by atoms with E-state index in [1.807, 2.05) is 18.2 Å². The van der Waals surface area contributed by atoms with Crippen molar-refractivity contribution >= 4 is 17.2 Å². The van der Waals surface area contributed by atoms with Crippen LogP contribution in [0.1, 0.15) is 11.1 Å². The molecule has 0 saturated heterocycles. The lowest BCUT2D eigenvalue weighted by Gasteiger charge is -2.10. The summed E-state index contributed by atoms with van der Waals surface area (Å²) in [6.07, 6.45) is -1.05. The van der Waals surface area contributed by atoms with Gasteiger partial charge in [0.1, 0.15) is 0 Å². The van der Waals surface area contributed by atoms with Crippen molar-refractivity contribution in [3.05, 3.63) is 66.0 Å². The second-order valence-electron chi connectivity index (χ2n) is 5.09. The van der Waals surface area contributed by atoms with E-state index in [9.17, 15) is 18.0 Å². The molecule has 3 aromatic rings. The monoisotopic (exact) mass is 334 g/mol. The van der Waals surface area contributed by atoms with Crippen LogP contribution in [0.4, 0.5) is 23.7 Å². The fourth-order valence-corrected chi connectivity index (χ4v) is 2.25. The second kappa shape index (κ2) is 6.23. The van der Waals surface area contributed by atoms with E-state index in [1.165, 1.54) is 12.1 Å². The van der Waals surface area contributed by atoms with Crippen molar-refractivity contribution in [3.63, 3.8) is 0 Å². The van der Waals surface area contributed by atoms with Gasteiger partial charge in [-0.3, -0.25) is 0 Å². The SMILES string of the molecule is O=C(NCc1cnn2ccccc12)Nc1cccc(C(F)(F)F)c1. The summed E-state index contributed by atoms with van der Waals surface area (Å²) in [6.45, 7) is 0.207. The van der Waals surface area contributed by atoms with E-state index in [2.05, 4.69) is 15.7 Å². The third kappa shape index (κ3) is 3.48. The molecule has 1 aromatic carbocycles.